The smallest absolute Gasteiger partial charge is 0.225 e. The van der Waals surface area contributed by atoms with E-state index in [1.54, 1.807) is 0 Å². The first-order chi connectivity index (χ1) is 14.3. The summed E-state index contributed by atoms with van der Waals surface area (Å²) in [5, 5.41) is 3.82. The molecule has 0 saturated carbocycles. The Balaban J connectivity index is 1.58. The molecule has 0 bridgehead atoms. The second-order valence-electron chi connectivity index (χ2n) is 10.3. The zero-order valence-electron chi connectivity index (χ0n) is 18.9. The van der Waals surface area contributed by atoms with Gasteiger partial charge in [0.2, 0.25) is 5.95 Å². The number of hydrogen-bond acceptors (Lipinski definition) is 6. The SMILES string of the molecule is CC1(C)CC(N(Cc2ccncc2)Cc2ccnc(N3CCCC3)n2)CC(C)(C)N1. The number of hydrogen-bond donors (Lipinski definition) is 1. The van der Waals surface area contributed by atoms with Crippen LogP contribution < -0.4 is 10.2 Å². The lowest BCUT2D eigenvalue weighted by Gasteiger charge is -2.49. The molecule has 0 aromatic carbocycles. The molecular formula is C24H36N6. The van der Waals surface area contributed by atoms with Crippen LogP contribution in [0.15, 0.2) is 36.8 Å². The van der Waals surface area contributed by atoms with Crippen molar-refractivity contribution >= 4 is 5.95 Å². The summed E-state index contributed by atoms with van der Waals surface area (Å²) in [6.45, 7) is 13.2. The van der Waals surface area contributed by atoms with Gasteiger partial charge >= 0.3 is 0 Å². The van der Waals surface area contributed by atoms with Crippen LogP contribution in [0.1, 0.15) is 64.6 Å². The minimum absolute atomic E-state index is 0.106. The van der Waals surface area contributed by atoms with Crippen LogP contribution in [0, 0.1) is 0 Å². The summed E-state index contributed by atoms with van der Waals surface area (Å²) < 4.78 is 0. The molecular weight excluding hydrogens is 372 g/mol. The quantitative estimate of drug-likeness (QED) is 0.785. The maximum Gasteiger partial charge on any atom is 0.225 e. The number of pyridine rings is 1. The normalized spacial score (nSPS) is 21.3. The van der Waals surface area contributed by atoms with Crippen molar-refractivity contribution in [3.63, 3.8) is 0 Å². The average molecular weight is 409 g/mol. The van der Waals surface area contributed by atoms with Gasteiger partial charge in [0, 0.05) is 61.9 Å². The van der Waals surface area contributed by atoms with Gasteiger partial charge in [-0.2, -0.15) is 0 Å². The number of piperidine rings is 1. The Kier molecular flexibility index (Phi) is 6.07. The average Bonchev–Trinajstić information content (AvgIpc) is 3.21. The number of anilines is 1. The van der Waals surface area contributed by atoms with Crippen LogP contribution in [0.2, 0.25) is 0 Å². The minimum atomic E-state index is 0.106. The van der Waals surface area contributed by atoms with Crippen LogP contribution in [-0.4, -0.2) is 50.1 Å². The molecule has 0 aliphatic carbocycles. The van der Waals surface area contributed by atoms with Crippen molar-refractivity contribution in [1.82, 2.24) is 25.2 Å². The molecule has 30 heavy (non-hydrogen) atoms. The maximum atomic E-state index is 4.95. The lowest BCUT2D eigenvalue weighted by Crippen LogP contribution is -2.62. The van der Waals surface area contributed by atoms with E-state index in [-0.39, 0.29) is 11.1 Å². The summed E-state index contributed by atoms with van der Waals surface area (Å²) in [5.41, 5.74) is 2.62. The second-order valence-corrected chi connectivity index (χ2v) is 10.3. The van der Waals surface area contributed by atoms with Gasteiger partial charge in [0.15, 0.2) is 0 Å². The molecule has 2 aliphatic rings. The predicted octanol–water partition coefficient (Wildman–Crippen LogP) is 3.78. The van der Waals surface area contributed by atoms with Crippen molar-refractivity contribution in [1.29, 1.82) is 0 Å². The Morgan fingerprint density at radius 1 is 0.967 bits per heavy atom. The topological polar surface area (TPSA) is 57.2 Å². The molecule has 0 atom stereocenters. The van der Waals surface area contributed by atoms with Crippen molar-refractivity contribution in [3.8, 4) is 0 Å². The molecule has 2 aliphatic heterocycles. The van der Waals surface area contributed by atoms with Gasteiger partial charge in [-0.25, -0.2) is 9.97 Å². The van der Waals surface area contributed by atoms with E-state index in [1.807, 2.05) is 18.6 Å². The third-order valence-corrected chi connectivity index (χ3v) is 6.27. The van der Waals surface area contributed by atoms with Gasteiger partial charge in [-0.1, -0.05) is 0 Å². The lowest BCUT2D eigenvalue weighted by molar-refractivity contribution is 0.0556. The molecule has 6 heteroatoms. The zero-order valence-corrected chi connectivity index (χ0v) is 18.9. The van der Waals surface area contributed by atoms with Crippen molar-refractivity contribution in [2.45, 2.75) is 83.6 Å². The molecule has 0 amide bonds. The maximum absolute atomic E-state index is 4.95. The van der Waals surface area contributed by atoms with Gasteiger partial charge in [0.05, 0.1) is 5.69 Å². The van der Waals surface area contributed by atoms with E-state index in [9.17, 15) is 0 Å². The standard InChI is InChI=1S/C24H36N6/c1-23(2)15-21(16-24(3,4)28-23)30(17-19-7-10-25-11-8-19)18-20-9-12-26-22(27-20)29-13-5-6-14-29/h7-12,21,28H,5-6,13-18H2,1-4H3. The molecule has 1 N–H and O–H groups in total. The second kappa shape index (κ2) is 8.60. The first-order valence-electron chi connectivity index (χ1n) is 11.3. The Bertz CT molecular complexity index is 813. The van der Waals surface area contributed by atoms with E-state index in [1.165, 1.54) is 18.4 Å². The van der Waals surface area contributed by atoms with E-state index in [4.69, 9.17) is 4.98 Å². The predicted molar refractivity (Wildman–Crippen MR) is 121 cm³/mol. The number of rotatable bonds is 6. The third-order valence-electron chi connectivity index (χ3n) is 6.27. The molecule has 0 spiro atoms. The molecule has 2 saturated heterocycles. The molecule has 2 fully saturated rings. The highest BCUT2D eigenvalue weighted by molar-refractivity contribution is 5.31. The van der Waals surface area contributed by atoms with Crippen LogP contribution in [0.25, 0.3) is 0 Å². The molecule has 162 valence electrons. The van der Waals surface area contributed by atoms with Gasteiger partial charge in [-0.15, -0.1) is 0 Å². The fraction of sp³-hybridized carbons (Fsp3) is 0.625. The monoisotopic (exact) mass is 408 g/mol. The Morgan fingerprint density at radius 3 is 2.30 bits per heavy atom. The van der Waals surface area contributed by atoms with Crippen LogP contribution in [0.3, 0.4) is 0 Å². The van der Waals surface area contributed by atoms with E-state index >= 15 is 0 Å². The van der Waals surface area contributed by atoms with Crippen LogP contribution in [0.5, 0.6) is 0 Å². The molecule has 0 unspecified atom stereocenters. The van der Waals surface area contributed by atoms with Crippen molar-refractivity contribution in [2.75, 3.05) is 18.0 Å². The summed E-state index contributed by atoms with van der Waals surface area (Å²) in [4.78, 5) is 18.6. The molecule has 2 aromatic heterocycles. The Hall–Kier alpha value is -2.05. The van der Waals surface area contributed by atoms with Crippen LogP contribution >= 0.6 is 0 Å². The van der Waals surface area contributed by atoms with Gasteiger partial charge < -0.3 is 10.2 Å². The highest BCUT2D eigenvalue weighted by Gasteiger charge is 2.40. The van der Waals surface area contributed by atoms with E-state index < -0.39 is 0 Å². The van der Waals surface area contributed by atoms with Gasteiger partial charge in [-0.05, 0) is 77.1 Å². The van der Waals surface area contributed by atoms with Crippen molar-refractivity contribution in [3.05, 3.63) is 48.0 Å². The highest BCUT2D eigenvalue weighted by Crippen LogP contribution is 2.33. The van der Waals surface area contributed by atoms with Gasteiger partial charge in [0.1, 0.15) is 0 Å². The fourth-order valence-corrected chi connectivity index (χ4v) is 5.31. The summed E-state index contributed by atoms with van der Waals surface area (Å²) in [6, 6.07) is 6.81. The molecule has 4 rings (SSSR count). The highest BCUT2D eigenvalue weighted by atomic mass is 15.3. The summed E-state index contributed by atoms with van der Waals surface area (Å²) in [6.07, 6.45) is 10.4. The van der Waals surface area contributed by atoms with Crippen LogP contribution in [-0.2, 0) is 13.1 Å². The number of aromatic nitrogens is 3. The summed E-state index contributed by atoms with van der Waals surface area (Å²) in [5.74, 6) is 0.889. The zero-order chi connectivity index (χ0) is 21.2. The third kappa shape index (κ3) is 5.35. The first kappa shape index (κ1) is 21.2. The van der Waals surface area contributed by atoms with Crippen LogP contribution in [0.4, 0.5) is 5.95 Å². The Morgan fingerprint density at radius 2 is 1.63 bits per heavy atom. The molecule has 0 radical (unpaired) electrons. The lowest BCUT2D eigenvalue weighted by atomic mass is 9.79. The fourth-order valence-electron chi connectivity index (χ4n) is 5.31. The number of nitrogens with zero attached hydrogens (tertiary/aromatic N) is 5. The molecule has 6 nitrogen and oxygen atoms in total. The van der Waals surface area contributed by atoms with E-state index in [0.717, 1.165) is 50.7 Å². The van der Waals surface area contributed by atoms with Gasteiger partial charge in [-0.3, -0.25) is 9.88 Å². The number of nitrogens with one attached hydrogen (secondary N) is 1. The minimum Gasteiger partial charge on any atom is -0.341 e. The molecule has 4 heterocycles. The van der Waals surface area contributed by atoms with Crippen molar-refractivity contribution < 1.29 is 0 Å². The summed E-state index contributed by atoms with van der Waals surface area (Å²) >= 11 is 0. The Labute approximate surface area is 181 Å². The molecule has 2 aromatic rings. The van der Waals surface area contributed by atoms with E-state index in [2.05, 4.69) is 71.0 Å². The first-order valence-corrected chi connectivity index (χ1v) is 11.3. The van der Waals surface area contributed by atoms with Crippen molar-refractivity contribution in [2.24, 2.45) is 0 Å². The van der Waals surface area contributed by atoms with Gasteiger partial charge in [0.25, 0.3) is 0 Å². The van der Waals surface area contributed by atoms with E-state index in [0.29, 0.717) is 6.04 Å². The summed E-state index contributed by atoms with van der Waals surface area (Å²) in [7, 11) is 0. The largest absolute Gasteiger partial charge is 0.341 e.